The molecule has 0 fully saturated rings. The van der Waals surface area contributed by atoms with Crippen LogP contribution in [0.1, 0.15) is 22.5 Å². The van der Waals surface area contributed by atoms with Gasteiger partial charge in [0.2, 0.25) is 5.95 Å². The highest BCUT2D eigenvalue weighted by molar-refractivity contribution is 5.59. The number of anilines is 1. The molecule has 3 aromatic rings. The van der Waals surface area contributed by atoms with Crippen molar-refractivity contribution < 1.29 is 13.2 Å². The van der Waals surface area contributed by atoms with Gasteiger partial charge >= 0.3 is 6.18 Å². The van der Waals surface area contributed by atoms with Crippen LogP contribution < -0.4 is 4.90 Å². The Kier molecular flexibility index (Phi) is 5.11. The highest BCUT2D eigenvalue weighted by atomic mass is 19.4. The highest BCUT2D eigenvalue weighted by Gasteiger charge is 2.30. The molecule has 0 aliphatic carbocycles. The third-order valence-corrected chi connectivity index (χ3v) is 4.37. The number of aryl methyl sites for hydroxylation is 2. The maximum Gasteiger partial charge on any atom is 0.416 e. The Morgan fingerprint density at radius 3 is 2.41 bits per heavy atom. The molecule has 0 unspecified atom stereocenters. The van der Waals surface area contributed by atoms with Crippen LogP contribution in [0.15, 0.2) is 30.5 Å². The maximum absolute atomic E-state index is 12.7. The topological polar surface area (TPSA) is 70.6 Å². The van der Waals surface area contributed by atoms with Gasteiger partial charge in [0.25, 0.3) is 0 Å². The summed E-state index contributed by atoms with van der Waals surface area (Å²) in [6.45, 7) is 4.57. The molecule has 0 bridgehead atoms. The van der Waals surface area contributed by atoms with Crippen LogP contribution in [0.4, 0.5) is 19.1 Å². The molecule has 1 N–H and O–H groups in total. The largest absolute Gasteiger partial charge is 0.416 e. The van der Waals surface area contributed by atoms with Crippen molar-refractivity contribution in [2.75, 3.05) is 18.5 Å². The van der Waals surface area contributed by atoms with Gasteiger partial charge in [-0.3, -0.25) is 5.10 Å². The van der Waals surface area contributed by atoms with Crippen molar-refractivity contribution in [3.05, 3.63) is 53.0 Å². The average molecular weight is 376 g/mol. The fourth-order valence-electron chi connectivity index (χ4n) is 2.75. The molecule has 2 aromatic heterocycles. The minimum atomic E-state index is -4.36. The molecule has 0 amide bonds. The van der Waals surface area contributed by atoms with E-state index < -0.39 is 11.7 Å². The van der Waals surface area contributed by atoms with Crippen LogP contribution in [0.25, 0.3) is 11.3 Å². The number of aromatic amines is 1. The first kappa shape index (κ1) is 18.8. The summed E-state index contributed by atoms with van der Waals surface area (Å²) in [5.74, 6) is 0.409. The van der Waals surface area contributed by atoms with E-state index in [1.165, 1.54) is 18.3 Å². The Balaban J connectivity index is 1.75. The van der Waals surface area contributed by atoms with Gasteiger partial charge in [0, 0.05) is 24.8 Å². The summed E-state index contributed by atoms with van der Waals surface area (Å²) < 4.78 is 38.1. The van der Waals surface area contributed by atoms with Gasteiger partial charge in [0.05, 0.1) is 23.1 Å². The van der Waals surface area contributed by atoms with Crippen LogP contribution in [-0.4, -0.2) is 39.0 Å². The lowest BCUT2D eigenvalue weighted by Crippen LogP contribution is -2.23. The lowest BCUT2D eigenvalue weighted by molar-refractivity contribution is -0.137. The maximum atomic E-state index is 12.7. The van der Waals surface area contributed by atoms with Gasteiger partial charge in [0.15, 0.2) is 0 Å². The molecule has 0 saturated carbocycles. The molecule has 0 atom stereocenters. The van der Waals surface area contributed by atoms with Gasteiger partial charge in [0.1, 0.15) is 0 Å². The van der Waals surface area contributed by atoms with Gasteiger partial charge in [-0.05, 0) is 38.0 Å². The van der Waals surface area contributed by atoms with Crippen LogP contribution >= 0.6 is 0 Å². The summed E-state index contributed by atoms with van der Waals surface area (Å²) in [5.41, 5.74) is 3.45. The third kappa shape index (κ3) is 4.24. The number of nitrogens with one attached hydrogen (secondary N) is 1. The van der Waals surface area contributed by atoms with E-state index in [0.717, 1.165) is 35.5 Å². The molecular formula is C18H19F3N6. The lowest BCUT2D eigenvalue weighted by atomic mass is 10.1. The molecule has 2 heterocycles. The number of halogens is 3. The first-order valence-corrected chi connectivity index (χ1v) is 8.34. The quantitative estimate of drug-likeness (QED) is 0.737. The standard InChI is InChI=1S/C18H19F3N6/c1-11-15(12(2)25-24-11)8-9-27(3)17-23-16(10-22-26-17)13-4-6-14(7-5-13)18(19,20)21/h4-7,10H,8-9H2,1-3H3,(H,24,25). The van der Waals surface area contributed by atoms with Crippen molar-refractivity contribution in [3.63, 3.8) is 0 Å². The zero-order valence-corrected chi connectivity index (χ0v) is 15.2. The highest BCUT2D eigenvalue weighted by Crippen LogP contribution is 2.30. The van der Waals surface area contributed by atoms with E-state index in [1.807, 2.05) is 25.8 Å². The van der Waals surface area contributed by atoms with Crippen LogP contribution in [0, 0.1) is 13.8 Å². The van der Waals surface area contributed by atoms with Crippen molar-refractivity contribution in [2.45, 2.75) is 26.4 Å². The monoisotopic (exact) mass is 376 g/mol. The van der Waals surface area contributed by atoms with E-state index in [-0.39, 0.29) is 0 Å². The Labute approximate surface area is 154 Å². The average Bonchev–Trinajstić information content (AvgIpc) is 2.97. The van der Waals surface area contributed by atoms with Gasteiger partial charge in [-0.2, -0.15) is 23.4 Å². The summed E-state index contributed by atoms with van der Waals surface area (Å²) >= 11 is 0. The number of nitrogens with zero attached hydrogens (tertiary/aromatic N) is 5. The second-order valence-electron chi connectivity index (χ2n) is 6.30. The zero-order valence-electron chi connectivity index (χ0n) is 15.2. The van der Waals surface area contributed by atoms with E-state index in [4.69, 9.17) is 0 Å². The second-order valence-corrected chi connectivity index (χ2v) is 6.30. The predicted octanol–water partition coefficient (Wildman–Crippen LogP) is 3.58. The SMILES string of the molecule is Cc1n[nH]c(C)c1CCN(C)c1nncc(-c2ccc(C(F)(F)F)cc2)n1. The van der Waals surface area contributed by atoms with E-state index in [1.54, 1.807) is 0 Å². The van der Waals surface area contributed by atoms with Gasteiger partial charge < -0.3 is 4.90 Å². The van der Waals surface area contributed by atoms with E-state index in [2.05, 4.69) is 25.4 Å². The Morgan fingerprint density at radius 1 is 1.11 bits per heavy atom. The molecule has 0 saturated heterocycles. The summed E-state index contributed by atoms with van der Waals surface area (Å²) in [4.78, 5) is 6.28. The summed E-state index contributed by atoms with van der Waals surface area (Å²) in [7, 11) is 1.85. The van der Waals surface area contributed by atoms with Crippen molar-refractivity contribution in [1.82, 2.24) is 25.4 Å². The molecule has 9 heteroatoms. The Hall–Kier alpha value is -2.97. The molecule has 142 valence electrons. The Morgan fingerprint density at radius 2 is 1.81 bits per heavy atom. The fraction of sp³-hybridized carbons (Fsp3) is 0.333. The van der Waals surface area contributed by atoms with Crippen LogP contribution in [0.2, 0.25) is 0 Å². The van der Waals surface area contributed by atoms with Gasteiger partial charge in [-0.15, -0.1) is 5.10 Å². The minimum absolute atomic E-state index is 0.409. The fourth-order valence-corrected chi connectivity index (χ4v) is 2.75. The smallest absolute Gasteiger partial charge is 0.342 e. The summed E-state index contributed by atoms with van der Waals surface area (Å²) in [5, 5.41) is 15.1. The molecule has 6 nitrogen and oxygen atoms in total. The van der Waals surface area contributed by atoms with Crippen molar-refractivity contribution in [2.24, 2.45) is 0 Å². The van der Waals surface area contributed by atoms with Gasteiger partial charge in [-0.25, -0.2) is 4.98 Å². The van der Waals surface area contributed by atoms with Crippen LogP contribution in [0.5, 0.6) is 0 Å². The van der Waals surface area contributed by atoms with E-state index in [0.29, 0.717) is 23.8 Å². The molecule has 27 heavy (non-hydrogen) atoms. The van der Waals surface area contributed by atoms with E-state index in [9.17, 15) is 13.2 Å². The normalized spacial score (nSPS) is 11.6. The number of aromatic nitrogens is 5. The number of alkyl halides is 3. The summed E-state index contributed by atoms with van der Waals surface area (Å²) in [6, 6.07) is 4.83. The van der Waals surface area contributed by atoms with E-state index >= 15 is 0 Å². The van der Waals surface area contributed by atoms with Crippen molar-refractivity contribution in [3.8, 4) is 11.3 Å². The minimum Gasteiger partial charge on any atom is -0.342 e. The zero-order chi connectivity index (χ0) is 19.6. The number of hydrogen-bond donors (Lipinski definition) is 1. The number of hydrogen-bond acceptors (Lipinski definition) is 5. The molecule has 0 radical (unpaired) electrons. The second kappa shape index (κ2) is 7.34. The molecule has 0 aliphatic rings. The van der Waals surface area contributed by atoms with Crippen LogP contribution in [0.3, 0.4) is 0 Å². The summed E-state index contributed by atoms with van der Waals surface area (Å²) in [6.07, 6.45) is -2.17. The third-order valence-electron chi connectivity index (χ3n) is 4.37. The number of likely N-dealkylation sites (N-methyl/N-ethyl adjacent to an activating group) is 1. The molecule has 1 aromatic carbocycles. The number of rotatable bonds is 5. The lowest BCUT2D eigenvalue weighted by Gasteiger charge is -2.17. The molecule has 3 rings (SSSR count). The Bertz CT molecular complexity index is 898. The van der Waals surface area contributed by atoms with Crippen LogP contribution in [-0.2, 0) is 12.6 Å². The molecule has 0 spiro atoms. The van der Waals surface area contributed by atoms with Crippen molar-refractivity contribution >= 4 is 5.95 Å². The molecule has 0 aliphatic heterocycles. The molecular weight excluding hydrogens is 357 g/mol. The number of H-pyrrole nitrogens is 1. The number of benzene rings is 1. The first-order valence-electron chi connectivity index (χ1n) is 8.34. The first-order chi connectivity index (χ1) is 12.8. The predicted molar refractivity (Wildman–Crippen MR) is 95.3 cm³/mol. The van der Waals surface area contributed by atoms with Crippen molar-refractivity contribution in [1.29, 1.82) is 0 Å². The van der Waals surface area contributed by atoms with Gasteiger partial charge in [-0.1, -0.05) is 12.1 Å².